The van der Waals surface area contributed by atoms with E-state index in [-0.39, 0.29) is 0 Å². The van der Waals surface area contributed by atoms with Gasteiger partial charge < -0.3 is 4.42 Å². The van der Waals surface area contributed by atoms with E-state index in [1.165, 1.54) is 26.9 Å². The lowest BCUT2D eigenvalue weighted by Gasteiger charge is -2.14. The van der Waals surface area contributed by atoms with E-state index in [0.717, 1.165) is 49.7 Å². The molecule has 10 aromatic rings. The predicted octanol–water partition coefficient (Wildman–Crippen LogP) is 11.3. The highest BCUT2D eigenvalue weighted by Crippen LogP contribution is 2.44. The molecule has 0 aliphatic carbocycles. The van der Waals surface area contributed by atoms with Crippen molar-refractivity contribution in [1.82, 2.24) is 19.9 Å². The van der Waals surface area contributed by atoms with Gasteiger partial charge in [-0.15, -0.1) is 0 Å². The van der Waals surface area contributed by atoms with Crippen LogP contribution in [0.3, 0.4) is 0 Å². The van der Waals surface area contributed by atoms with E-state index < -0.39 is 0 Å². The van der Waals surface area contributed by atoms with Crippen molar-refractivity contribution in [2.24, 2.45) is 0 Å². The molecule has 0 bridgehead atoms. The Morgan fingerprint density at radius 2 is 1.02 bits per heavy atom. The first-order chi connectivity index (χ1) is 24.3. The molecule has 5 nitrogen and oxygen atoms in total. The maximum Gasteiger partial charge on any atom is 0.164 e. The Bertz CT molecular complexity index is 2820. The SMILES string of the molecule is c1ccc(-c2nc(-c3ccccc3)nc(-c3ccc(-c4cc5c6ccccc6ccc5c5ccccc45)c4oc5cccnc5c34)n2)cc1. The van der Waals surface area contributed by atoms with E-state index in [4.69, 9.17) is 24.4 Å². The van der Waals surface area contributed by atoms with Crippen molar-refractivity contribution in [3.05, 3.63) is 158 Å². The zero-order valence-electron chi connectivity index (χ0n) is 26.2. The average molecular weight is 627 g/mol. The van der Waals surface area contributed by atoms with Gasteiger partial charge in [-0.1, -0.05) is 121 Å². The number of hydrogen-bond acceptors (Lipinski definition) is 5. The van der Waals surface area contributed by atoms with Crippen LogP contribution in [0.1, 0.15) is 0 Å². The second kappa shape index (κ2) is 10.9. The normalized spacial score (nSPS) is 11.7. The number of rotatable bonds is 4. The summed E-state index contributed by atoms with van der Waals surface area (Å²) in [4.78, 5) is 19.9. The Hall–Kier alpha value is -6.72. The lowest BCUT2D eigenvalue weighted by Crippen LogP contribution is -2.00. The zero-order chi connectivity index (χ0) is 32.3. The van der Waals surface area contributed by atoms with Crippen LogP contribution in [0.2, 0.25) is 0 Å². The van der Waals surface area contributed by atoms with E-state index in [1.54, 1.807) is 0 Å². The number of benzene rings is 7. The third-order valence-corrected chi connectivity index (χ3v) is 9.37. The van der Waals surface area contributed by atoms with Gasteiger partial charge in [0.1, 0.15) is 11.1 Å². The molecule has 0 atom stereocenters. The van der Waals surface area contributed by atoms with Crippen molar-refractivity contribution in [2.75, 3.05) is 0 Å². The molecule has 0 amide bonds. The topological polar surface area (TPSA) is 64.7 Å². The molecule has 7 aromatic carbocycles. The second-order valence-corrected chi connectivity index (χ2v) is 12.2. The molecule has 3 aromatic heterocycles. The van der Waals surface area contributed by atoms with Crippen molar-refractivity contribution in [1.29, 1.82) is 0 Å². The van der Waals surface area contributed by atoms with Crippen LogP contribution < -0.4 is 0 Å². The summed E-state index contributed by atoms with van der Waals surface area (Å²) in [6.45, 7) is 0. The Kier molecular flexibility index (Phi) is 6.11. The Morgan fingerprint density at radius 3 is 1.78 bits per heavy atom. The fourth-order valence-electron chi connectivity index (χ4n) is 7.11. The van der Waals surface area contributed by atoms with E-state index in [2.05, 4.69) is 78.9 Å². The van der Waals surface area contributed by atoms with Crippen molar-refractivity contribution < 1.29 is 4.42 Å². The summed E-state index contributed by atoms with van der Waals surface area (Å²) >= 11 is 0. The fourth-order valence-corrected chi connectivity index (χ4v) is 7.11. The monoisotopic (exact) mass is 626 g/mol. The van der Waals surface area contributed by atoms with E-state index in [0.29, 0.717) is 23.1 Å². The molecule has 0 spiro atoms. The van der Waals surface area contributed by atoms with Crippen molar-refractivity contribution in [3.8, 4) is 45.3 Å². The molecule has 0 N–H and O–H groups in total. The maximum absolute atomic E-state index is 6.74. The van der Waals surface area contributed by atoms with Gasteiger partial charge in [0.15, 0.2) is 23.1 Å². The number of hydrogen-bond donors (Lipinski definition) is 0. The standard InChI is InChI=1S/C44H26N4O/c1-3-13-28(14-4-1)42-46-43(29-15-5-2-6-16-29)48-44(47-42)35-24-23-34(41-39(35)40-38(49-41)20-11-25-45-40)37-26-36-30-17-8-7-12-27(30)21-22-33(36)31-18-9-10-19-32(31)37/h1-26H. The molecule has 228 valence electrons. The summed E-state index contributed by atoms with van der Waals surface area (Å²) in [7, 11) is 0. The van der Waals surface area contributed by atoms with Crippen LogP contribution in [0.15, 0.2) is 162 Å². The quantitative estimate of drug-likeness (QED) is 0.182. The predicted molar refractivity (Wildman–Crippen MR) is 199 cm³/mol. The first-order valence-corrected chi connectivity index (χ1v) is 16.3. The van der Waals surface area contributed by atoms with Crippen molar-refractivity contribution in [2.45, 2.75) is 0 Å². The molecule has 0 radical (unpaired) electrons. The van der Waals surface area contributed by atoms with E-state index >= 15 is 0 Å². The molecular weight excluding hydrogens is 601 g/mol. The van der Waals surface area contributed by atoms with Gasteiger partial charge in [-0.05, 0) is 68.2 Å². The zero-order valence-corrected chi connectivity index (χ0v) is 26.2. The number of aromatic nitrogens is 4. The number of pyridine rings is 1. The first kappa shape index (κ1) is 27.4. The fraction of sp³-hybridized carbons (Fsp3) is 0. The highest BCUT2D eigenvalue weighted by molar-refractivity contribution is 6.23. The Labute approximate surface area is 281 Å². The largest absolute Gasteiger partial charge is 0.454 e. The van der Waals surface area contributed by atoms with Crippen LogP contribution in [-0.2, 0) is 0 Å². The highest BCUT2D eigenvalue weighted by atomic mass is 16.3. The lowest BCUT2D eigenvalue weighted by molar-refractivity contribution is 0.669. The molecule has 0 aliphatic heterocycles. The molecule has 0 unspecified atom stereocenters. The second-order valence-electron chi connectivity index (χ2n) is 12.2. The van der Waals surface area contributed by atoms with Gasteiger partial charge in [0.25, 0.3) is 0 Å². The molecule has 10 rings (SSSR count). The van der Waals surface area contributed by atoms with Gasteiger partial charge >= 0.3 is 0 Å². The van der Waals surface area contributed by atoms with Crippen LogP contribution in [0.25, 0.3) is 99.7 Å². The minimum Gasteiger partial charge on any atom is -0.454 e. The minimum absolute atomic E-state index is 0.562. The number of fused-ring (bicyclic) bond motifs is 8. The van der Waals surface area contributed by atoms with Crippen LogP contribution in [0, 0.1) is 0 Å². The average Bonchev–Trinajstić information content (AvgIpc) is 3.57. The molecular formula is C44H26N4O. The van der Waals surface area contributed by atoms with Crippen LogP contribution >= 0.6 is 0 Å². The number of nitrogens with zero attached hydrogens (tertiary/aromatic N) is 4. The van der Waals surface area contributed by atoms with Gasteiger partial charge in [0, 0.05) is 28.5 Å². The molecule has 49 heavy (non-hydrogen) atoms. The molecule has 3 heterocycles. The van der Waals surface area contributed by atoms with Gasteiger partial charge in [0.2, 0.25) is 0 Å². The van der Waals surface area contributed by atoms with Crippen LogP contribution in [0.4, 0.5) is 0 Å². The van der Waals surface area contributed by atoms with Gasteiger partial charge in [0.05, 0.1) is 5.39 Å². The third-order valence-electron chi connectivity index (χ3n) is 9.37. The Morgan fingerprint density at radius 1 is 0.408 bits per heavy atom. The summed E-state index contributed by atoms with van der Waals surface area (Å²) < 4.78 is 6.74. The molecule has 0 aliphatic rings. The van der Waals surface area contributed by atoms with Crippen molar-refractivity contribution in [3.63, 3.8) is 0 Å². The molecule has 0 fully saturated rings. The Balaban J connectivity index is 1.29. The minimum atomic E-state index is 0.562. The third kappa shape index (κ3) is 4.40. The summed E-state index contributed by atoms with van der Waals surface area (Å²) in [5.74, 6) is 1.77. The summed E-state index contributed by atoms with van der Waals surface area (Å²) in [5, 5.41) is 8.09. The molecule has 0 saturated heterocycles. The van der Waals surface area contributed by atoms with Gasteiger partial charge in [-0.2, -0.15) is 0 Å². The van der Waals surface area contributed by atoms with Gasteiger partial charge in [-0.25, -0.2) is 15.0 Å². The summed E-state index contributed by atoms with van der Waals surface area (Å²) in [6, 6.07) is 52.2. The van der Waals surface area contributed by atoms with Gasteiger partial charge in [-0.3, -0.25) is 4.98 Å². The maximum atomic E-state index is 6.74. The number of furan rings is 1. The van der Waals surface area contributed by atoms with Crippen LogP contribution in [0.5, 0.6) is 0 Å². The van der Waals surface area contributed by atoms with E-state index in [9.17, 15) is 0 Å². The lowest BCUT2D eigenvalue weighted by atomic mass is 9.90. The van der Waals surface area contributed by atoms with E-state index in [1.807, 2.05) is 79.0 Å². The first-order valence-electron chi connectivity index (χ1n) is 16.3. The highest BCUT2D eigenvalue weighted by Gasteiger charge is 2.22. The summed E-state index contributed by atoms with van der Waals surface area (Å²) in [5.41, 5.74) is 6.99. The molecule has 5 heteroatoms. The van der Waals surface area contributed by atoms with Crippen molar-refractivity contribution >= 4 is 54.4 Å². The van der Waals surface area contributed by atoms with Crippen LogP contribution in [-0.4, -0.2) is 19.9 Å². The summed E-state index contributed by atoms with van der Waals surface area (Å²) in [6.07, 6.45) is 1.81. The molecule has 0 saturated carbocycles. The smallest absolute Gasteiger partial charge is 0.164 e.